The first-order valence-electron chi connectivity index (χ1n) is 9.54. The molecule has 0 spiro atoms. The first-order valence-corrected chi connectivity index (χ1v) is 10.3. The minimum atomic E-state index is -1.34. The average molecular weight is 481 g/mol. The van der Waals surface area contributed by atoms with Gasteiger partial charge in [-0.1, -0.05) is 27.7 Å². The Bertz CT molecular complexity index is 1000. The molecule has 0 unspecified atom stereocenters. The number of nitro groups is 1. The van der Waals surface area contributed by atoms with Gasteiger partial charge in [0.15, 0.2) is 5.57 Å². The maximum Gasteiger partial charge on any atom is 0.350 e. The molecule has 162 valence electrons. The van der Waals surface area contributed by atoms with Crippen LogP contribution in [0.25, 0.3) is 0 Å². The van der Waals surface area contributed by atoms with Crippen LogP contribution in [0.4, 0.5) is 11.4 Å². The molecule has 3 rings (SSSR count). The third kappa shape index (κ3) is 3.49. The van der Waals surface area contributed by atoms with Gasteiger partial charge in [0.25, 0.3) is 11.5 Å². The van der Waals surface area contributed by atoms with Crippen LogP contribution < -0.4 is 5.32 Å². The fraction of sp³-hybridized carbons (Fsp3) is 0.524. The van der Waals surface area contributed by atoms with Gasteiger partial charge in [-0.3, -0.25) is 10.1 Å². The number of fused-ring (bicyclic) bond motifs is 1. The number of halogens is 1. The lowest BCUT2D eigenvalue weighted by molar-refractivity contribution is -0.386. The Morgan fingerprint density at radius 2 is 1.53 bits per heavy atom. The van der Waals surface area contributed by atoms with Crippen LogP contribution in [0, 0.1) is 17.0 Å². The van der Waals surface area contributed by atoms with E-state index in [9.17, 15) is 19.7 Å². The summed E-state index contributed by atoms with van der Waals surface area (Å²) in [4.78, 5) is 36.1. The maximum absolute atomic E-state index is 12.2. The Balaban J connectivity index is 2.17. The number of hydrogen-bond acceptors (Lipinski definition) is 7. The lowest BCUT2D eigenvalue weighted by Crippen LogP contribution is -2.42. The predicted octanol–water partition coefficient (Wildman–Crippen LogP) is 4.76. The van der Waals surface area contributed by atoms with E-state index >= 15 is 0 Å². The van der Waals surface area contributed by atoms with E-state index in [1.807, 2.05) is 27.7 Å². The highest BCUT2D eigenvalue weighted by Crippen LogP contribution is 2.57. The molecule has 0 atom stereocenters. The second kappa shape index (κ2) is 6.80. The zero-order chi connectivity index (χ0) is 22.8. The summed E-state index contributed by atoms with van der Waals surface area (Å²) < 4.78 is 10.9. The molecular weight excluding hydrogens is 456 g/mol. The zero-order valence-electron chi connectivity index (χ0n) is 18.1. The van der Waals surface area contributed by atoms with Crippen LogP contribution in [0.1, 0.15) is 64.7 Å². The van der Waals surface area contributed by atoms with Crippen LogP contribution in [0.2, 0.25) is 0 Å². The number of anilines is 1. The van der Waals surface area contributed by atoms with Gasteiger partial charge in [-0.25, -0.2) is 9.59 Å². The number of cyclic esters (lactones) is 2. The van der Waals surface area contributed by atoms with Gasteiger partial charge in [0.2, 0.25) is 0 Å². The van der Waals surface area contributed by atoms with Crippen LogP contribution in [-0.2, 0) is 29.9 Å². The van der Waals surface area contributed by atoms with Crippen molar-refractivity contribution in [1.82, 2.24) is 0 Å². The first-order chi connectivity index (χ1) is 13.6. The smallest absolute Gasteiger partial charge is 0.350 e. The number of nitrogens with one attached hydrogen (secondary N) is 1. The van der Waals surface area contributed by atoms with Crippen molar-refractivity contribution in [2.45, 2.75) is 71.5 Å². The Hall–Kier alpha value is -2.42. The molecule has 0 saturated carbocycles. The van der Waals surface area contributed by atoms with Gasteiger partial charge in [-0.2, -0.15) is 0 Å². The van der Waals surface area contributed by atoms with Crippen LogP contribution in [0.3, 0.4) is 0 Å². The molecule has 30 heavy (non-hydrogen) atoms. The Morgan fingerprint density at radius 1 is 1.03 bits per heavy atom. The number of ether oxygens (including phenoxy) is 2. The lowest BCUT2D eigenvalue weighted by Gasteiger charge is -2.29. The number of nitrogens with zero attached hydrogens (tertiary/aromatic N) is 1. The van der Waals surface area contributed by atoms with Gasteiger partial charge < -0.3 is 14.8 Å². The van der Waals surface area contributed by atoms with Crippen molar-refractivity contribution in [1.29, 1.82) is 0 Å². The maximum atomic E-state index is 12.2. The second-order valence-electron chi connectivity index (χ2n) is 9.50. The molecule has 1 saturated heterocycles. The second-order valence-corrected chi connectivity index (χ2v) is 10.3. The molecular formula is C21H25BrN2O6. The van der Waals surface area contributed by atoms with E-state index in [-0.39, 0.29) is 27.0 Å². The number of nitro benzene ring substituents is 1. The van der Waals surface area contributed by atoms with E-state index in [4.69, 9.17) is 9.47 Å². The highest BCUT2D eigenvalue weighted by molar-refractivity contribution is 9.10. The number of rotatable bonds is 3. The summed E-state index contributed by atoms with van der Waals surface area (Å²) in [5.41, 5.74) is 1.41. The van der Waals surface area contributed by atoms with E-state index in [2.05, 4.69) is 21.2 Å². The molecule has 1 N–H and O–H groups in total. The molecule has 1 aliphatic heterocycles. The summed E-state index contributed by atoms with van der Waals surface area (Å²) in [6.07, 6.45) is 1.92. The fourth-order valence-electron chi connectivity index (χ4n) is 4.72. The normalized spacial score (nSPS) is 20.9. The summed E-state index contributed by atoms with van der Waals surface area (Å²) in [5, 5.41) is 14.9. The van der Waals surface area contributed by atoms with Crippen LogP contribution in [0.5, 0.6) is 0 Å². The number of esters is 2. The highest BCUT2D eigenvalue weighted by atomic mass is 79.9. The highest BCUT2D eigenvalue weighted by Gasteiger charge is 2.49. The van der Waals surface area contributed by atoms with Crippen molar-refractivity contribution in [2.75, 3.05) is 5.32 Å². The molecule has 0 radical (unpaired) electrons. The lowest BCUT2D eigenvalue weighted by atomic mass is 9.81. The van der Waals surface area contributed by atoms with E-state index in [1.165, 1.54) is 20.0 Å². The van der Waals surface area contributed by atoms with Crippen molar-refractivity contribution in [3.05, 3.63) is 43.1 Å². The predicted molar refractivity (Wildman–Crippen MR) is 114 cm³/mol. The van der Waals surface area contributed by atoms with Gasteiger partial charge in [-0.15, -0.1) is 0 Å². The molecule has 1 fully saturated rings. The van der Waals surface area contributed by atoms with Gasteiger partial charge in [0.05, 0.1) is 16.2 Å². The SMILES string of the molecule is Cc1c(NC=C2C(=O)OC(C)(C)OC2=O)c(Br)c2c(c1[N+](=O)[O-])C(C)(C)CC2(C)C. The summed E-state index contributed by atoms with van der Waals surface area (Å²) in [7, 11) is 0. The third-order valence-electron chi connectivity index (χ3n) is 5.55. The van der Waals surface area contributed by atoms with Gasteiger partial charge >= 0.3 is 11.9 Å². The van der Waals surface area contributed by atoms with Crippen molar-refractivity contribution in [2.24, 2.45) is 0 Å². The minimum absolute atomic E-state index is 0.0413. The largest absolute Gasteiger partial charge is 0.419 e. The van der Waals surface area contributed by atoms with Gasteiger partial charge in [0.1, 0.15) is 0 Å². The molecule has 0 bridgehead atoms. The molecule has 1 aromatic carbocycles. The topological polar surface area (TPSA) is 108 Å². The van der Waals surface area contributed by atoms with Gasteiger partial charge in [-0.05, 0) is 45.7 Å². The molecule has 2 aliphatic rings. The minimum Gasteiger partial charge on any atom is -0.419 e. The van der Waals surface area contributed by atoms with E-state index in [1.54, 1.807) is 6.92 Å². The molecule has 1 heterocycles. The van der Waals surface area contributed by atoms with E-state index in [0.717, 1.165) is 12.0 Å². The monoisotopic (exact) mass is 480 g/mol. The number of carbonyl (C=O) groups excluding carboxylic acids is 2. The fourth-order valence-corrected chi connectivity index (χ4v) is 5.87. The Morgan fingerprint density at radius 3 is 2.03 bits per heavy atom. The molecule has 9 heteroatoms. The standard InChI is InChI=1S/C21H25BrN2O6/c1-10-15(23-8-11-17(25)29-21(6,7)30-18(11)26)14(22)12-13(16(10)24(27)28)20(4,5)9-19(12,2)3/h8,23H,9H2,1-7H3. The molecule has 0 amide bonds. The van der Waals surface area contributed by atoms with Gasteiger partial charge in [0, 0.05) is 30.1 Å². The van der Waals surface area contributed by atoms with E-state index in [0.29, 0.717) is 21.3 Å². The summed E-state index contributed by atoms with van der Waals surface area (Å²) >= 11 is 3.62. The third-order valence-corrected chi connectivity index (χ3v) is 6.35. The molecule has 1 aromatic rings. The Kier molecular flexibility index (Phi) is 5.05. The number of benzene rings is 1. The summed E-state index contributed by atoms with van der Waals surface area (Å²) in [6, 6.07) is 0. The van der Waals surface area contributed by atoms with Crippen LogP contribution in [-0.4, -0.2) is 22.6 Å². The molecule has 8 nitrogen and oxygen atoms in total. The van der Waals surface area contributed by atoms with Crippen molar-refractivity contribution in [3.63, 3.8) is 0 Å². The van der Waals surface area contributed by atoms with Crippen LogP contribution in [0.15, 0.2) is 16.2 Å². The van der Waals surface area contributed by atoms with Crippen molar-refractivity contribution in [3.8, 4) is 0 Å². The average Bonchev–Trinajstić information content (AvgIpc) is 2.72. The quantitative estimate of drug-likeness (QED) is 0.218. The Labute approximate surface area is 183 Å². The van der Waals surface area contributed by atoms with E-state index < -0.39 is 17.7 Å². The number of hydrogen-bond donors (Lipinski definition) is 1. The zero-order valence-corrected chi connectivity index (χ0v) is 19.6. The van der Waals surface area contributed by atoms with Crippen LogP contribution >= 0.6 is 15.9 Å². The number of carbonyl (C=O) groups is 2. The molecule has 1 aliphatic carbocycles. The summed E-state index contributed by atoms with van der Waals surface area (Å²) in [5.74, 6) is -2.99. The first kappa shape index (κ1) is 22.3. The van der Waals surface area contributed by atoms with Crippen molar-refractivity contribution < 1.29 is 24.0 Å². The molecule has 0 aromatic heterocycles. The summed E-state index contributed by atoms with van der Waals surface area (Å²) in [6.45, 7) is 12.7. The van der Waals surface area contributed by atoms with Crippen molar-refractivity contribution >= 4 is 39.2 Å².